The van der Waals surface area contributed by atoms with Gasteiger partial charge in [-0.3, -0.25) is 4.79 Å². The zero-order valence-electron chi connectivity index (χ0n) is 15.8. The van der Waals surface area contributed by atoms with Crippen LogP contribution in [-0.2, 0) is 9.53 Å². The first kappa shape index (κ1) is 20.8. The van der Waals surface area contributed by atoms with E-state index in [0.29, 0.717) is 11.5 Å². The van der Waals surface area contributed by atoms with Gasteiger partial charge in [0.25, 0.3) is 5.91 Å². The number of carbonyl (C=O) groups is 2. The van der Waals surface area contributed by atoms with Crippen LogP contribution in [-0.4, -0.2) is 37.2 Å². The second-order valence-electron chi connectivity index (χ2n) is 6.87. The Morgan fingerprint density at radius 2 is 2.07 bits per heavy atom. The fraction of sp³-hybridized carbons (Fsp3) is 0.526. The smallest absolute Gasteiger partial charge is 0.338 e. The van der Waals surface area contributed by atoms with E-state index in [1.807, 2.05) is 13.8 Å². The van der Waals surface area contributed by atoms with E-state index in [2.05, 4.69) is 11.4 Å². The molecular formula is C19H23ClN2O5. The summed E-state index contributed by atoms with van der Waals surface area (Å²) in [6, 6.07) is 4.95. The van der Waals surface area contributed by atoms with Crippen molar-refractivity contribution >= 4 is 23.5 Å². The summed E-state index contributed by atoms with van der Waals surface area (Å²) in [6.45, 7) is 4.86. The highest BCUT2D eigenvalue weighted by molar-refractivity contribution is 6.32. The van der Waals surface area contributed by atoms with E-state index in [4.69, 9.17) is 25.8 Å². The Labute approximate surface area is 163 Å². The van der Waals surface area contributed by atoms with Gasteiger partial charge in [0.05, 0.1) is 29.9 Å². The lowest BCUT2D eigenvalue weighted by atomic mass is 9.98. The van der Waals surface area contributed by atoms with Crippen LogP contribution in [0, 0.1) is 17.2 Å². The molecule has 1 aliphatic rings. The molecule has 146 valence electrons. The Balaban J connectivity index is 2.02. The van der Waals surface area contributed by atoms with Crippen LogP contribution in [0.1, 0.15) is 44.0 Å². The topological polar surface area (TPSA) is 97.6 Å². The molecule has 7 nitrogen and oxygen atoms in total. The maximum absolute atomic E-state index is 12.3. The highest BCUT2D eigenvalue weighted by Crippen LogP contribution is 2.39. The van der Waals surface area contributed by atoms with Crippen molar-refractivity contribution in [1.29, 1.82) is 5.26 Å². The molecule has 2 rings (SSSR count). The minimum absolute atomic E-state index is 0.126. The summed E-state index contributed by atoms with van der Waals surface area (Å²) < 4.78 is 15.9. The van der Waals surface area contributed by atoms with Gasteiger partial charge in [0.2, 0.25) is 0 Å². The normalized spacial score (nSPS) is 15.4. The number of hydrogen-bond acceptors (Lipinski definition) is 6. The van der Waals surface area contributed by atoms with Crippen molar-refractivity contribution in [2.45, 2.75) is 45.3 Å². The quantitative estimate of drug-likeness (QED) is 0.680. The highest BCUT2D eigenvalue weighted by Gasteiger charge is 2.43. The molecule has 1 atom stereocenters. The van der Waals surface area contributed by atoms with Crippen LogP contribution in [0.2, 0.25) is 5.02 Å². The summed E-state index contributed by atoms with van der Waals surface area (Å²) in [5, 5.41) is 12.1. The van der Waals surface area contributed by atoms with Crippen LogP contribution in [0.25, 0.3) is 0 Å². The predicted molar refractivity (Wildman–Crippen MR) is 98.9 cm³/mol. The molecule has 1 aliphatic carbocycles. The average Bonchev–Trinajstić information content (AvgIpc) is 3.46. The third-order valence-corrected chi connectivity index (χ3v) is 4.46. The molecule has 0 radical (unpaired) electrons. The lowest BCUT2D eigenvalue weighted by Gasteiger charge is -2.22. The zero-order chi connectivity index (χ0) is 20.2. The molecule has 1 N–H and O–H groups in total. The standard InChI is InChI=1S/C19H23ClN2O5/c1-11(2)27-17-14(20)7-12(8-15(17)25-4)18(24)26-9-16(23)22-19(3,10-21)13-5-6-13/h7-8,11,13H,5-6,9H2,1-4H3,(H,22,23)/t19-/m1/s1. The van der Waals surface area contributed by atoms with Gasteiger partial charge < -0.3 is 19.5 Å². The first-order valence-electron chi connectivity index (χ1n) is 8.63. The molecule has 1 amide bonds. The molecule has 27 heavy (non-hydrogen) atoms. The number of nitriles is 1. The van der Waals surface area contributed by atoms with E-state index >= 15 is 0 Å². The number of hydrogen-bond donors (Lipinski definition) is 1. The second kappa shape index (κ2) is 8.49. The van der Waals surface area contributed by atoms with Crippen molar-refractivity contribution in [3.8, 4) is 17.6 Å². The SMILES string of the molecule is COc1cc(C(=O)OCC(=O)N[C@](C)(C#N)C2CC2)cc(Cl)c1OC(C)C. The molecule has 1 fully saturated rings. The molecule has 8 heteroatoms. The number of nitrogens with one attached hydrogen (secondary N) is 1. The third kappa shape index (κ3) is 5.27. The number of halogens is 1. The summed E-state index contributed by atoms with van der Waals surface area (Å²) >= 11 is 6.18. The van der Waals surface area contributed by atoms with E-state index in [1.54, 1.807) is 6.92 Å². The van der Waals surface area contributed by atoms with Gasteiger partial charge in [-0.05, 0) is 51.7 Å². The highest BCUT2D eigenvalue weighted by atomic mass is 35.5. The average molecular weight is 395 g/mol. The van der Waals surface area contributed by atoms with E-state index < -0.39 is 24.0 Å². The van der Waals surface area contributed by atoms with E-state index in [9.17, 15) is 14.9 Å². The van der Waals surface area contributed by atoms with Crippen LogP contribution < -0.4 is 14.8 Å². The van der Waals surface area contributed by atoms with Crippen molar-refractivity contribution in [2.24, 2.45) is 5.92 Å². The Kier molecular flexibility index (Phi) is 6.55. The van der Waals surface area contributed by atoms with Gasteiger partial charge >= 0.3 is 5.97 Å². The lowest BCUT2D eigenvalue weighted by molar-refractivity contribution is -0.125. The molecule has 0 unspecified atom stereocenters. The zero-order valence-corrected chi connectivity index (χ0v) is 16.6. The number of carbonyl (C=O) groups excluding carboxylic acids is 2. The largest absolute Gasteiger partial charge is 0.493 e. The number of benzene rings is 1. The minimum atomic E-state index is -0.939. The minimum Gasteiger partial charge on any atom is -0.493 e. The molecule has 0 saturated heterocycles. The van der Waals surface area contributed by atoms with Crippen molar-refractivity contribution in [2.75, 3.05) is 13.7 Å². The summed E-state index contributed by atoms with van der Waals surface area (Å²) in [7, 11) is 1.43. The van der Waals surface area contributed by atoms with Gasteiger partial charge in [-0.15, -0.1) is 0 Å². The monoisotopic (exact) mass is 394 g/mol. The van der Waals surface area contributed by atoms with Gasteiger partial charge in [0.1, 0.15) is 5.54 Å². The molecule has 1 aromatic carbocycles. The van der Waals surface area contributed by atoms with E-state index in [0.717, 1.165) is 12.8 Å². The van der Waals surface area contributed by atoms with Crippen molar-refractivity contribution in [3.63, 3.8) is 0 Å². The van der Waals surface area contributed by atoms with Crippen LogP contribution in [0.15, 0.2) is 12.1 Å². The van der Waals surface area contributed by atoms with Crippen LogP contribution in [0.4, 0.5) is 0 Å². The van der Waals surface area contributed by atoms with Gasteiger partial charge in [0.15, 0.2) is 18.1 Å². The maximum atomic E-state index is 12.3. The van der Waals surface area contributed by atoms with Gasteiger partial charge in [-0.2, -0.15) is 5.26 Å². The summed E-state index contributed by atoms with van der Waals surface area (Å²) in [4.78, 5) is 24.3. The maximum Gasteiger partial charge on any atom is 0.338 e. The second-order valence-corrected chi connectivity index (χ2v) is 7.28. The lowest BCUT2D eigenvalue weighted by Crippen LogP contribution is -2.48. The number of rotatable bonds is 8. The number of methoxy groups -OCH3 is 1. The first-order valence-corrected chi connectivity index (χ1v) is 9.01. The molecule has 1 saturated carbocycles. The molecule has 0 bridgehead atoms. The van der Waals surface area contributed by atoms with E-state index in [-0.39, 0.29) is 22.6 Å². The number of nitrogens with zero attached hydrogens (tertiary/aromatic N) is 1. The molecule has 0 aromatic heterocycles. The molecule has 0 heterocycles. The summed E-state index contributed by atoms with van der Waals surface area (Å²) in [5.41, 5.74) is -0.808. The Morgan fingerprint density at radius 1 is 1.41 bits per heavy atom. The number of esters is 1. The summed E-state index contributed by atoms with van der Waals surface area (Å²) in [5.74, 6) is -0.501. The third-order valence-electron chi connectivity index (χ3n) is 4.18. The summed E-state index contributed by atoms with van der Waals surface area (Å²) in [6.07, 6.45) is 1.67. The van der Waals surface area contributed by atoms with Crippen molar-refractivity contribution in [3.05, 3.63) is 22.7 Å². The van der Waals surface area contributed by atoms with Crippen LogP contribution in [0.3, 0.4) is 0 Å². The molecular weight excluding hydrogens is 372 g/mol. The van der Waals surface area contributed by atoms with Crippen molar-refractivity contribution in [1.82, 2.24) is 5.32 Å². The fourth-order valence-electron chi connectivity index (χ4n) is 2.61. The van der Waals surface area contributed by atoms with Gasteiger partial charge in [-0.25, -0.2) is 4.79 Å². The first-order chi connectivity index (χ1) is 12.7. The van der Waals surface area contributed by atoms with E-state index in [1.165, 1.54) is 19.2 Å². The fourth-order valence-corrected chi connectivity index (χ4v) is 2.87. The predicted octanol–water partition coefficient (Wildman–Crippen LogP) is 3.10. The van der Waals surface area contributed by atoms with Gasteiger partial charge in [-0.1, -0.05) is 11.6 Å². The Morgan fingerprint density at radius 3 is 2.59 bits per heavy atom. The van der Waals surface area contributed by atoms with Gasteiger partial charge in [0, 0.05) is 0 Å². The Hall–Kier alpha value is -2.46. The molecule has 0 spiro atoms. The molecule has 1 aromatic rings. The van der Waals surface area contributed by atoms with Crippen LogP contribution in [0.5, 0.6) is 11.5 Å². The number of amides is 1. The number of ether oxygens (including phenoxy) is 3. The Bertz CT molecular complexity index is 770. The van der Waals surface area contributed by atoms with Crippen LogP contribution >= 0.6 is 11.6 Å². The molecule has 0 aliphatic heterocycles. The van der Waals surface area contributed by atoms with Crippen molar-refractivity contribution < 1.29 is 23.8 Å².